The average molecular weight is 466 g/mol. The molecule has 4 rings (SSSR count). The molecule has 3 heterocycles. The molecule has 1 aliphatic rings. The van der Waals surface area contributed by atoms with E-state index in [1.165, 1.54) is 10.9 Å². The van der Waals surface area contributed by atoms with Crippen molar-refractivity contribution in [2.24, 2.45) is 10.7 Å². The van der Waals surface area contributed by atoms with Crippen molar-refractivity contribution in [3.05, 3.63) is 65.1 Å². The van der Waals surface area contributed by atoms with Gasteiger partial charge in [-0.15, -0.1) is 0 Å². The first-order valence-electron chi connectivity index (χ1n) is 11.4. The Morgan fingerprint density at radius 1 is 1.18 bits per heavy atom. The Morgan fingerprint density at radius 2 is 1.85 bits per heavy atom. The minimum Gasteiger partial charge on any atom is -0.351 e. The summed E-state index contributed by atoms with van der Waals surface area (Å²) < 4.78 is 2.25. The van der Waals surface area contributed by atoms with Gasteiger partial charge in [-0.25, -0.2) is 4.79 Å². The number of hydrogen-bond donors (Lipinski definition) is 1. The highest BCUT2D eigenvalue weighted by molar-refractivity contribution is 6.30. The summed E-state index contributed by atoms with van der Waals surface area (Å²) in [5, 5.41) is 1.88. The molecule has 6 nitrogen and oxygen atoms in total. The van der Waals surface area contributed by atoms with Gasteiger partial charge in [-0.1, -0.05) is 25.4 Å². The Bertz CT molecular complexity index is 1160. The molecule has 1 aromatic carbocycles. The quantitative estimate of drug-likeness (QED) is 0.475. The number of piperidine rings is 1. The normalized spacial score (nSPS) is 15.1. The van der Waals surface area contributed by atoms with E-state index in [-0.39, 0.29) is 6.03 Å². The molecule has 174 valence electrons. The summed E-state index contributed by atoms with van der Waals surface area (Å²) in [6, 6.07) is 9.60. The van der Waals surface area contributed by atoms with Crippen molar-refractivity contribution in [1.29, 1.82) is 0 Å². The number of nitrogens with zero attached hydrogens (tertiary/aromatic N) is 4. The van der Waals surface area contributed by atoms with E-state index in [0.29, 0.717) is 24.0 Å². The number of urea groups is 1. The van der Waals surface area contributed by atoms with Crippen LogP contribution in [-0.4, -0.2) is 46.8 Å². The van der Waals surface area contributed by atoms with Gasteiger partial charge < -0.3 is 15.2 Å². The van der Waals surface area contributed by atoms with E-state index in [0.717, 1.165) is 35.3 Å². The summed E-state index contributed by atoms with van der Waals surface area (Å²) in [7, 11) is 1.77. The molecule has 0 bridgehead atoms. The fraction of sp³-hybridized carbons (Fsp3) is 0.346. The van der Waals surface area contributed by atoms with Crippen molar-refractivity contribution in [1.82, 2.24) is 14.5 Å². The summed E-state index contributed by atoms with van der Waals surface area (Å²) >= 11 is 6.16. The molecule has 3 aromatic rings. The maximum absolute atomic E-state index is 11.6. The van der Waals surface area contributed by atoms with Crippen molar-refractivity contribution in [2.75, 3.05) is 20.1 Å². The predicted octanol–water partition coefficient (Wildman–Crippen LogP) is 6.07. The third kappa shape index (κ3) is 5.11. The van der Waals surface area contributed by atoms with E-state index in [2.05, 4.69) is 27.5 Å². The zero-order valence-electron chi connectivity index (χ0n) is 19.8. The van der Waals surface area contributed by atoms with Gasteiger partial charge in [-0.05, 0) is 73.2 Å². The monoisotopic (exact) mass is 465 g/mol. The first kappa shape index (κ1) is 24.5. The number of aliphatic imine (C=N–C) groups is 1. The van der Waals surface area contributed by atoms with Crippen LogP contribution >= 0.6 is 11.6 Å². The van der Waals surface area contributed by atoms with Crippen LogP contribution in [0.4, 0.5) is 4.79 Å². The molecule has 0 unspecified atom stereocenters. The van der Waals surface area contributed by atoms with E-state index in [9.17, 15) is 4.79 Å². The van der Waals surface area contributed by atoms with Gasteiger partial charge in [-0.3, -0.25) is 9.98 Å². The van der Waals surface area contributed by atoms with Crippen LogP contribution in [0.1, 0.15) is 50.8 Å². The molecule has 2 amide bonds. The number of primary amides is 1. The number of pyridine rings is 1. The summed E-state index contributed by atoms with van der Waals surface area (Å²) in [6.07, 6.45) is 9.34. The summed E-state index contributed by atoms with van der Waals surface area (Å²) in [5.74, 6) is 0.311. The second kappa shape index (κ2) is 11.1. The number of halogens is 1. The van der Waals surface area contributed by atoms with Crippen molar-refractivity contribution < 1.29 is 4.79 Å². The second-order valence-electron chi connectivity index (χ2n) is 7.82. The number of rotatable bonds is 4. The molecule has 2 aromatic heterocycles. The number of amides is 2. The van der Waals surface area contributed by atoms with Gasteiger partial charge in [-0.2, -0.15) is 0 Å². The third-order valence-corrected chi connectivity index (χ3v) is 6.21. The van der Waals surface area contributed by atoms with Crippen LogP contribution in [0.5, 0.6) is 0 Å². The largest absolute Gasteiger partial charge is 0.351 e. The van der Waals surface area contributed by atoms with Gasteiger partial charge in [0.05, 0.1) is 17.4 Å². The van der Waals surface area contributed by atoms with Crippen LogP contribution in [0.15, 0.2) is 53.8 Å². The molecule has 0 radical (unpaired) electrons. The van der Waals surface area contributed by atoms with Crippen LogP contribution in [-0.2, 0) is 0 Å². The third-order valence-electron chi connectivity index (χ3n) is 5.96. The molecule has 33 heavy (non-hydrogen) atoms. The molecular formula is C26H32ClN5O. The second-order valence-corrected chi connectivity index (χ2v) is 8.26. The van der Waals surface area contributed by atoms with Gasteiger partial charge in [0.15, 0.2) is 0 Å². The number of nitrogens with two attached hydrogens (primary N) is 1. The Kier molecular flexibility index (Phi) is 8.28. The van der Waals surface area contributed by atoms with Gasteiger partial charge in [0, 0.05) is 48.6 Å². The van der Waals surface area contributed by atoms with E-state index in [1.807, 2.05) is 62.8 Å². The average Bonchev–Trinajstić information content (AvgIpc) is 3.19. The highest BCUT2D eigenvalue weighted by atomic mass is 35.5. The molecule has 1 fully saturated rings. The van der Waals surface area contributed by atoms with Crippen LogP contribution < -0.4 is 5.73 Å². The predicted molar refractivity (Wildman–Crippen MR) is 139 cm³/mol. The number of aromatic nitrogens is 2. The number of likely N-dealkylation sites (tertiary alicyclic amines) is 1. The van der Waals surface area contributed by atoms with Crippen LogP contribution in [0.25, 0.3) is 22.2 Å². The zero-order chi connectivity index (χ0) is 24.0. The molecule has 1 aliphatic heterocycles. The van der Waals surface area contributed by atoms with Crippen molar-refractivity contribution >= 4 is 40.3 Å². The molecule has 7 heteroatoms. The SMILES string of the molecule is CC.CN=C/C=C(\C)c1c(C2CCN(C(N)=O)CC2)c2ccncc2n1-c1ccc(Cl)cc1. The van der Waals surface area contributed by atoms with Crippen LogP contribution in [0.2, 0.25) is 5.02 Å². The highest BCUT2D eigenvalue weighted by Crippen LogP contribution is 2.41. The van der Waals surface area contributed by atoms with E-state index < -0.39 is 0 Å². The van der Waals surface area contributed by atoms with Crippen molar-refractivity contribution in [2.45, 2.75) is 39.5 Å². The van der Waals surface area contributed by atoms with E-state index in [1.54, 1.807) is 11.9 Å². The lowest BCUT2D eigenvalue weighted by Gasteiger charge is -2.31. The Balaban J connectivity index is 0.00000149. The number of carbonyl (C=O) groups is 1. The summed E-state index contributed by atoms with van der Waals surface area (Å²) in [5.41, 5.74) is 11.1. The Labute approximate surface area is 200 Å². The zero-order valence-corrected chi connectivity index (χ0v) is 20.5. The molecule has 0 atom stereocenters. The lowest BCUT2D eigenvalue weighted by Crippen LogP contribution is -2.41. The molecule has 2 N–H and O–H groups in total. The van der Waals surface area contributed by atoms with E-state index in [4.69, 9.17) is 17.3 Å². The lowest BCUT2D eigenvalue weighted by atomic mass is 9.86. The lowest BCUT2D eigenvalue weighted by molar-refractivity contribution is 0.191. The Morgan fingerprint density at radius 3 is 2.45 bits per heavy atom. The standard InChI is InChI=1S/C24H26ClN5O.C2H6/c1-16(7-11-27-2)23-22(17-9-13-29(14-10-17)24(26)31)20-8-12-28-15-21(20)30(23)19-5-3-18(25)4-6-19;1-2/h3-8,11-12,15,17H,9-10,13-14H2,1-2H3,(H2,26,31);1-2H3/b16-7+,27-11?;. The molecular weight excluding hydrogens is 434 g/mol. The van der Waals surface area contributed by atoms with Gasteiger partial charge >= 0.3 is 6.03 Å². The highest BCUT2D eigenvalue weighted by Gasteiger charge is 2.29. The topological polar surface area (TPSA) is 76.5 Å². The van der Waals surface area contributed by atoms with Gasteiger partial charge in [0.2, 0.25) is 0 Å². The smallest absolute Gasteiger partial charge is 0.314 e. The van der Waals surface area contributed by atoms with Crippen molar-refractivity contribution in [3.63, 3.8) is 0 Å². The van der Waals surface area contributed by atoms with Crippen molar-refractivity contribution in [3.8, 4) is 5.69 Å². The minimum absolute atomic E-state index is 0.311. The molecule has 1 saturated heterocycles. The fourth-order valence-corrected chi connectivity index (χ4v) is 4.60. The molecule has 0 aliphatic carbocycles. The van der Waals surface area contributed by atoms with Gasteiger partial charge in [0.25, 0.3) is 0 Å². The number of fused-ring (bicyclic) bond motifs is 1. The summed E-state index contributed by atoms with van der Waals surface area (Å²) in [6.45, 7) is 7.44. The number of benzene rings is 1. The first-order valence-corrected chi connectivity index (χ1v) is 11.8. The number of allylic oxidation sites excluding steroid dienone is 2. The number of hydrogen-bond acceptors (Lipinski definition) is 3. The maximum Gasteiger partial charge on any atom is 0.314 e. The minimum atomic E-state index is -0.346. The Hall–Kier alpha value is -3.12. The molecule has 0 saturated carbocycles. The first-order chi connectivity index (χ1) is 16.0. The summed E-state index contributed by atoms with van der Waals surface area (Å²) in [4.78, 5) is 21.9. The molecule has 0 spiro atoms. The van der Waals surface area contributed by atoms with Gasteiger partial charge in [0.1, 0.15) is 0 Å². The number of carbonyl (C=O) groups excluding carboxylic acids is 1. The van der Waals surface area contributed by atoms with Crippen LogP contribution in [0, 0.1) is 0 Å². The maximum atomic E-state index is 11.6. The van der Waals surface area contributed by atoms with Crippen LogP contribution in [0.3, 0.4) is 0 Å². The fourth-order valence-electron chi connectivity index (χ4n) is 4.47. The van der Waals surface area contributed by atoms with E-state index >= 15 is 0 Å².